The number of piperazine rings is 1. The van der Waals surface area contributed by atoms with Gasteiger partial charge in [-0.25, -0.2) is 0 Å². The van der Waals surface area contributed by atoms with Gasteiger partial charge < -0.3 is 15.4 Å². The molecule has 170 valence electrons. The molecule has 2 fully saturated rings. The van der Waals surface area contributed by atoms with Crippen molar-refractivity contribution in [2.45, 2.75) is 31.6 Å². The van der Waals surface area contributed by atoms with Crippen molar-refractivity contribution < 1.29 is 22.7 Å². The number of hydrogen-bond donors (Lipinski definition) is 2. The second-order valence-corrected chi connectivity index (χ2v) is 8.59. The Balaban J connectivity index is 1.16. The number of halogens is 3. The first-order valence-corrected chi connectivity index (χ1v) is 10.9. The van der Waals surface area contributed by atoms with Crippen LogP contribution in [0.15, 0.2) is 36.4 Å². The highest BCUT2D eigenvalue weighted by atomic mass is 19.4. The van der Waals surface area contributed by atoms with Crippen LogP contribution in [0.2, 0.25) is 0 Å². The highest BCUT2D eigenvalue weighted by molar-refractivity contribution is 5.78. The van der Waals surface area contributed by atoms with Gasteiger partial charge in [-0.1, -0.05) is 6.07 Å². The maximum absolute atomic E-state index is 13.0. The molecule has 2 N–H and O–H groups in total. The summed E-state index contributed by atoms with van der Waals surface area (Å²) >= 11 is 0. The Bertz CT molecular complexity index is 1010. The molecule has 0 unspecified atom stereocenters. The molecule has 0 spiro atoms. The molecule has 0 aromatic heterocycles. The Morgan fingerprint density at radius 3 is 2.41 bits per heavy atom. The third-order valence-electron chi connectivity index (χ3n) is 6.17. The average Bonchev–Trinajstić information content (AvgIpc) is 3.61. The van der Waals surface area contributed by atoms with E-state index in [9.17, 15) is 18.0 Å². The highest BCUT2D eigenvalue weighted by Gasteiger charge is 2.33. The summed E-state index contributed by atoms with van der Waals surface area (Å²) in [6.07, 6.45) is -1.83. The summed E-state index contributed by atoms with van der Waals surface area (Å²) in [7, 11) is 0. The van der Waals surface area contributed by atoms with Gasteiger partial charge in [-0.3, -0.25) is 14.6 Å². The number of benzene rings is 2. The smallest absolute Gasteiger partial charge is 0.416 e. The van der Waals surface area contributed by atoms with Gasteiger partial charge in [-0.2, -0.15) is 13.2 Å². The van der Waals surface area contributed by atoms with Crippen LogP contribution in [0.25, 0.3) is 0 Å². The lowest BCUT2D eigenvalue weighted by Gasteiger charge is -2.34. The van der Waals surface area contributed by atoms with Crippen molar-refractivity contribution in [3.05, 3.63) is 47.5 Å². The van der Waals surface area contributed by atoms with Crippen LogP contribution in [0.3, 0.4) is 0 Å². The summed E-state index contributed by atoms with van der Waals surface area (Å²) in [6, 6.07) is 9.53. The van der Waals surface area contributed by atoms with Crippen molar-refractivity contribution in [3.8, 4) is 11.5 Å². The second kappa shape index (κ2) is 8.29. The van der Waals surface area contributed by atoms with Crippen LogP contribution in [0, 0.1) is 0 Å². The van der Waals surface area contributed by atoms with Crippen LogP contribution >= 0.6 is 0 Å². The van der Waals surface area contributed by atoms with Crippen LogP contribution in [-0.4, -0.2) is 54.5 Å². The molecule has 32 heavy (non-hydrogen) atoms. The lowest BCUT2D eigenvalue weighted by molar-refractivity contribution is -0.137. The molecule has 6 nitrogen and oxygen atoms in total. The van der Waals surface area contributed by atoms with Gasteiger partial charge in [0.25, 0.3) is 0 Å². The molecule has 1 amide bonds. The van der Waals surface area contributed by atoms with Crippen molar-refractivity contribution >= 4 is 17.3 Å². The van der Waals surface area contributed by atoms with Gasteiger partial charge in [0.15, 0.2) is 11.5 Å². The maximum Gasteiger partial charge on any atom is 0.416 e. The van der Waals surface area contributed by atoms with E-state index < -0.39 is 11.7 Å². The van der Waals surface area contributed by atoms with Gasteiger partial charge in [-0.15, -0.1) is 0 Å². The number of amides is 1. The lowest BCUT2D eigenvalue weighted by atomic mass is 10.1. The van der Waals surface area contributed by atoms with Gasteiger partial charge in [0.1, 0.15) is 0 Å². The van der Waals surface area contributed by atoms with E-state index in [1.165, 1.54) is 18.9 Å². The number of anilines is 2. The first-order chi connectivity index (χ1) is 15.3. The molecule has 0 radical (unpaired) electrons. The highest BCUT2D eigenvalue weighted by Crippen LogP contribution is 2.44. The average molecular weight is 446 g/mol. The normalized spacial score (nSPS) is 18.8. The molecule has 1 saturated heterocycles. The quantitative estimate of drug-likeness (QED) is 0.622. The van der Waals surface area contributed by atoms with Crippen LogP contribution in [0.4, 0.5) is 24.5 Å². The fourth-order valence-corrected chi connectivity index (χ4v) is 4.20. The van der Waals surface area contributed by atoms with Crippen molar-refractivity contribution in [1.82, 2.24) is 15.1 Å². The van der Waals surface area contributed by atoms with Gasteiger partial charge in [0, 0.05) is 38.8 Å². The van der Waals surface area contributed by atoms with E-state index in [4.69, 9.17) is 4.74 Å². The number of nitrogens with zero attached hydrogens (tertiary/aromatic N) is 2. The van der Waals surface area contributed by atoms with Crippen molar-refractivity contribution in [3.63, 3.8) is 0 Å². The van der Waals surface area contributed by atoms with Crippen LogP contribution in [0.5, 0.6) is 11.5 Å². The van der Waals surface area contributed by atoms with Crippen molar-refractivity contribution in [2.75, 3.05) is 38.0 Å². The summed E-state index contributed by atoms with van der Waals surface area (Å²) in [6.45, 7) is 4.54. The first-order valence-electron chi connectivity index (χ1n) is 10.9. The molecule has 2 aromatic rings. The Labute approximate surface area is 184 Å². The van der Waals surface area contributed by atoms with Gasteiger partial charge in [-0.05, 0) is 48.7 Å². The number of alkyl halides is 3. The molecule has 5 rings (SSSR count). The molecule has 1 aliphatic carbocycles. The van der Waals surface area contributed by atoms with Gasteiger partial charge >= 0.3 is 6.18 Å². The Kier molecular flexibility index (Phi) is 5.46. The number of rotatable bonds is 5. The molecule has 1 saturated carbocycles. The number of carbonyl (C=O) groups excluding carboxylic acids is 1. The number of ether oxygens (including phenoxy) is 1. The monoisotopic (exact) mass is 446 g/mol. The SMILES string of the molecule is O=C(CN1CCN(C2CC2)CC1)NCc1ccc2c(c1)Oc1cc(C(F)(F)F)ccc1N2. The molecule has 2 aromatic carbocycles. The van der Waals surface area contributed by atoms with Gasteiger partial charge in [0.2, 0.25) is 5.91 Å². The summed E-state index contributed by atoms with van der Waals surface area (Å²) in [5.74, 6) is 0.514. The Morgan fingerprint density at radius 2 is 1.72 bits per heavy atom. The number of nitrogens with one attached hydrogen (secondary N) is 2. The van der Waals surface area contributed by atoms with Crippen LogP contribution in [0.1, 0.15) is 24.0 Å². The first kappa shape index (κ1) is 21.1. The maximum atomic E-state index is 13.0. The summed E-state index contributed by atoms with van der Waals surface area (Å²) in [4.78, 5) is 17.1. The molecule has 9 heteroatoms. The zero-order valence-electron chi connectivity index (χ0n) is 17.5. The van der Waals surface area contributed by atoms with E-state index in [1.807, 2.05) is 6.07 Å². The van der Waals surface area contributed by atoms with E-state index in [0.717, 1.165) is 49.9 Å². The number of fused-ring (bicyclic) bond motifs is 2. The third-order valence-corrected chi connectivity index (χ3v) is 6.17. The Morgan fingerprint density at radius 1 is 1.03 bits per heavy atom. The summed E-state index contributed by atoms with van der Waals surface area (Å²) in [5, 5.41) is 6.02. The van der Waals surface area contributed by atoms with E-state index >= 15 is 0 Å². The van der Waals surface area contributed by atoms with E-state index in [1.54, 1.807) is 12.1 Å². The van der Waals surface area contributed by atoms with E-state index in [-0.39, 0.29) is 11.7 Å². The Hall–Kier alpha value is -2.78. The number of carbonyl (C=O) groups is 1. The van der Waals surface area contributed by atoms with Crippen LogP contribution < -0.4 is 15.4 Å². The predicted octanol–water partition coefficient (Wildman–Crippen LogP) is 3.95. The van der Waals surface area contributed by atoms with Crippen molar-refractivity contribution in [1.29, 1.82) is 0 Å². The molecule has 3 aliphatic rings. The zero-order valence-corrected chi connectivity index (χ0v) is 17.5. The summed E-state index contributed by atoms with van der Waals surface area (Å²) in [5.41, 5.74) is 1.20. The summed E-state index contributed by atoms with van der Waals surface area (Å²) < 4.78 is 44.7. The van der Waals surface area contributed by atoms with Crippen LogP contribution in [-0.2, 0) is 17.5 Å². The second-order valence-electron chi connectivity index (χ2n) is 8.59. The molecular formula is C23H25F3N4O2. The molecule has 0 atom stereocenters. The molecular weight excluding hydrogens is 421 g/mol. The van der Waals surface area contributed by atoms with E-state index in [2.05, 4.69) is 20.4 Å². The molecule has 2 aliphatic heterocycles. The molecule has 0 bridgehead atoms. The standard InChI is InChI=1S/C23H25F3N4O2/c24-23(25,26)16-2-6-19-21(12-16)32-20-11-15(1-5-18(20)28-19)13-27-22(31)14-29-7-9-30(10-8-29)17-3-4-17/h1-2,5-6,11-12,17,28H,3-4,7-10,13-14H2,(H,27,31). The van der Waals surface area contributed by atoms with Crippen molar-refractivity contribution in [2.24, 2.45) is 0 Å². The number of hydrogen-bond acceptors (Lipinski definition) is 5. The van der Waals surface area contributed by atoms with E-state index in [0.29, 0.717) is 30.2 Å². The molecule has 2 heterocycles. The predicted molar refractivity (Wildman–Crippen MR) is 114 cm³/mol. The third kappa shape index (κ3) is 4.68. The largest absolute Gasteiger partial charge is 0.453 e. The minimum atomic E-state index is -4.44. The lowest BCUT2D eigenvalue weighted by Crippen LogP contribution is -2.49. The fourth-order valence-electron chi connectivity index (χ4n) is 4.20. The topological polar surface area (TPSA) is 56.8 Å². The van der Waals surface area contributed by atoms with Gasteiger partial charge in [0.05, 0.1) is 23.5 Å². The minimum Gasteiger partial charge on any atom is -0.453 e. The zero-order chi connectivity index (χ0) is 22.3. The minimum absolute atomic E-state index is 0.0400. The fraction of sp³-hybridized carbons (Fsp3) is 0.435.